The van der Waals surface area contributed by atoms with Gasteiger partial charge in [-0.3, -0.25) is 4.79 Å². The molecule has 0 amide bonds. The molecule has 2 nitrogen and oxygen atoms in total. The van der Waals surface area contributed by atoms with Gasteiger partial charge in [0.05, 0.1) is 0 Å². The molecular weight excluding hydrogens is 248 g/mol. The molecule has 0 aromatic carbocycles. The maximum Gasteiger partial charge on any atom is 0.303 e. The third kappa shape index (κ3) is 16.7. The van der Waals surface area contributed by atoms with Crippen LogP contribution in [0, 0.1) is 0 Å². The molecule has 0 heterocycles. The van der Waals surface area contributed by atoms with Gasteiger partial charge in [-0.2, -0.15) is 0 Å². The van der Waals surface area contributed by atoms with E-state index in [2.05, 4.69) is 43.4 Å². The average Bonchev–Trinajstić information content (AvgIpc) is 2.43. The number of aliphatic carboxylic acids is 1. The zero-order valence-corrected chi connectivity index (χ0v) is 12.9. The fourth-order valence-electron chi connectivity index (χ4n) is 1.83. The number of carboxylic acid groups (broad SMARTS) is 1. The summed E-state index contributed by atoms with van der Waals surface area (Å²) in [6, 6.07) is 0. The Morgan fingerprint density at radius 3 is 1.80 bits per heavy atom. The summed E-state index contributed by atoms with van der Waals surface area (Å²) >= 11 is 0. The van der Waals surface area contributed by atoms with Gasteiger partial charge in [0.2, 0.25) is 0 Å². The van der Waals surface area contributed by atoms with Gasteiger partial charge < -0.3 is 5.11 Å². The molecule has 0 saturated heterocycles. The van der Waals surface area contributed by atoms with Crippen LogP contribution in [0.3, 0.4) is 0 Å². The normalized spacial score (nSPS) is 12.1. The summed E-state index contributed by atoms with van der Waals surface area (Å²) in [6.45, 7) is 2.23. The van der Waals surface area contributed by atoms with Crippen LogP contribution in [0.1, 0.15) is 71.1 Å². The van der Waals surface area contributed by atoms with Gasteiger partial charge in [-0.1, -0.05) is 56.2 Å². The predicted octanol–water partition coefficient (Wildman–Crippen LogP) is 5.66. The first-order valence-electron chi connectivity index (χ1n) is 7.94. The Bertz CT molecular complexity index is 301. The van der Waals surface area contributed by atoms with Crippen molar-refractivity contribution in [3.63, 3.8) is 0 Å². The molecule has 2 heteroatoms. The van der Waals surface area contributed by atoms with Crippen LogP contribution in [0.2, 0.25) is 0 Å². The molecule has 0 radical (unpaired) electrons. The molecule has 0 spiro atoms. The van der Waals surface area contributed by atoms with E-state index in [1.807, 2.05) is 0 Å². The number of hydrogen-bond acceptors (Lipinski definition) is 1. The Labute approximate surface area is 124 Å². The second-order valence-corrected chi connectivity index (χ2v) is 5.02. The average molecular weight is 278 g/mol. The predicted molar refractivity (Wildman–Crippen MR) is 86.9 cm³/mol. The van der Waals surface area contributed by atoms with E-state index >= 15 is 0 Å². The van der Waals surface area contributed by atoms with E-state index in [9.17, 15) is 4.79 Å². The van der Waals surface area contributed by atoms with Gasteiger partial charge in [-0.25, -0.2) is 0 Å². The van der Waals surface area contributed by atoms with Crippen LogP contribution < -0.4 is 0 Å². The molecule has 0 bridgehead atoms. The van der Waals surface area contributed by atoms with Crippen LogP contribution in [-0.2, 0) is 4.79 Å². The summed E-state index contributed by atoms with van der Waals surface area (Å²) in [5.41, 5.74) is 0. The number of hydrogen-bond donors (Lipinski definition) is 1. The number of allylic oxidation sites excluding steroid dienone is 6. The van der Waals surface area contributed by atoms with Crippen LogP contribution in [0.4, 0.5) is 0 Å². The minimum Gasteiger partial charge on any atom is -0.481 e. The fourth-order valence-corrected chi connectivity index (χ4v) is 1.83. The minimum absolute atomic E-state index is 0.290. The molecule has 1 N–H and O–H groups in total. The van der Waals surface area contributed by atoms with E-state index in [1.54, 1.807) is 0 Å². The number of carboxylic acids is 1. The molecule has 0 fully saturated rings. The van der Waals surface area contributed by atoms with Crippen molar-refractivity contribution in [2.45, 2.75) is 71.1 Å². The maximum atomic E-state index is 10.3. The lowest BCUT2D eigenvalue weighted by molar-refractivity contribution is -0.137. The summed E-state index contributed by atoms with van der Waals surface area (Å²) in [7, 11) is 0. The third-order valence-electron chi connectivity index (χ3n) is 3.03. The summed E-state index contributed by atoms with van der Waals surface area (Å²) in [5, 5.41) is 8.48. The van der Waals surface area contributed by atoms with Crippen molar-refractivity contribution in [2.24, 2.45) is 0 Å². The topological polar surface area (TPSA) is 37.3 Å². The second-order valence-electron chi connectivity index (χ2n) is 5.02. The van der Waals surface area contributed by atoms with Crippen molar-refractivity contribution in [3.8, 4) is 0 Å². The first kappa shape index (κ1) is 18.7. The van der Waals surface area contributed by atoms with Gasteiger partial charge in [0.1, 0.15) is 0 Å². The minimum atomic E-state index is -0.695. The summed E-state index contributed by atoms with van der Waals surface area (Å²) in [6.07, 6.45) is 23.3. The van der Waals surface area contributed by atoms with Gasteiger partial charge in [-0.15, -0.1) is 0 Å². The maximum absolute atomic E-state index is 10.3. The van der Waals surface area contributed by atoms with Gasteiger partial charge in [0.15, 0.2) is 0 Å². The van der Waals surface area contributed by atoms with E-state index in [1.165, 1.54) is 25.7 Å². The molecule has 0 aromatic rings. The van der Waals surface area contributed by atoms with Gasteiger partial charge in [0, 0.05) is 6.42 Å². The summed E-state index contributed by atoms with van der Waals surface area (Å²) in [4.78, 5) is 10.3. The second kappa shape index (κ2) is 15.7. The quantitative estimate of drug-likeness (QED) is 0.348. The van der Waals surface area contributed by atoms with Crippen LogP contribution >= 0.6 is 0 Å². The first-order chi connectivity index (χ1) is 9.77. The smallest absolute Gasteiger partial charge is 0.303 e. The Hall–Kier alpha value is -1.31. The molecule has 0 aliphatic carbocycles. The van der Waals surface area contributed by atoms with Crippen molar-refractivity contribution in [1.82, 2.24) is 0 Å². The van der Waals surface area contributed by atoms with Crippen LogP contribution in [0.15, 0.2) is 36.5 Å². The SMILES string of the molecule is CCCCCC=CCC=CC/C=C\CCCCC(=O)O. The largest absolute Gasteiger partial charge is 0.481 e. The van der Waals surface area contributed by atoms with Crippen molar-refractivity contribution < 1.29 is 9.90 Å². The molecule has 0 atom stereocenters. The van der Waals surface area contributed by atoms with Crippen LogP contribution in [-0.4, -0.2) is 11.1 Å². The lowest BCUT2D eigenvalue weighted by Crippen LogP contribution is -1.92. The van der Waals surface area contributed by atoms with Crippen molar-refractivity contribution in [1.29, 1.82) is 0 Å². The molecular formula is C18H30O2. The standard InChI is InChI=1S/C18H30O2/c1-2-3-4-5-6-7-8-9-10-11-12-13-14-15-16-17-18(19)20/h6-7,9-10,12-13H,2-5,8,11,14-17H2,1H3,(H,19,20)/b7-6?,10-9?,13-12-. The van der Waals surface area contributed by atoms with E-state index in [0.29, 0.717) is 6.42 Å². The highest BCUT2D eigenvalue weighted by atomic mass is 16.4. The monoisotopic (exact) mass is 278 g/mol. The number of carbonyl (C=O) groups is 1. The lowest BCUT2D eigenvalue weighted by Gasteiger charge is -1.92. The molecule has 0 aliphatic rings. The third-order valence-corrected chi connectivity index (χ3v) is 3.03. The molecule has 114 valence electrons. The van der Waals surface area contributed by atoms with Crippen molar-refractivity contribution in [2.75, 3.05) is 0 Å². The molecule has 0 aromatic heterocycles. The van der Waals surface area contributed by atoms with Crippen molar-refractivity contribution in [3.05, 3.63) is 36.5 Å². The molecule has 0 unspecified atom stereocenters. The zero-order valence-electron chi connectivity index (χ0n) is 12.9. The Kier molecular flexibility index (Phi) is 14.7. The Morgan fingerprint density at radius 1 is 0.800 bits per heavy atom. The van der Waals surface area contributed by atoms with Gasteiger partial charge >= 0.3 is 5.97 Å². The summed E-state index contributed by atoms with van der Waals surface area (Å²) in [5.74, 6) is -0.695. The van der Waals surface area contributed by atoms with E-state index in [0.717, 1.165) is 32.1 Å². The highest BCUT2D eigenvalue weighted by molar-refractivity contribution is 5.66. The highest BCUT2D eigenvalue weighted by Gasteiger charge is 1.93. The number of rotatable bonds is 13. The first-order valence-corrected chi connectivity index (χ1v) is 7.94. The number of unbranched alkanes of at least 4 members (excludes halogenated alkanes) is 5. The van der Waals surface area contributed by atoms with Crippen LogP contribution in [0.5, 0.6) is 0 Å². The van der Waals surface area contributed by atoms with Gasteiger partial charge in [-0.05, 0) is 44.9 Å². The molecule has 0 rings (SSSR count). The molecule has 0 saturated carbocycles. The molecule has 0 aliphatic heterocycles. The van der Waals surface area contributed by atoms with Crippen molar-refractivity contribution >= 4 is 5.97 Å². The lowest BCUT2D eigenvalue weighted by atomic mass is 10.2. The van der Waals surface area contributed by atoms with E-state index in [4.69, 9.17) is 5.11 Å². The van der Waals surface area contributed by atoms with E-state index in [-0.39, 0.29) is 0 Å². The Balaban J connectivity index is 3.32. The van der Waals surface area contributed by atoms with Gasteiger partial charge in [0.25, 0.3) is 0 Å². The highest BCUT2D eigenvalue weighted by Crippen LogP contribution is 2.02. The van der Waals surface area contributed by atoms with E-state index < -0.39 is 5.97 Å². The molecule has 20 heavy (non-hydrogen) atoms. The fraction of sp³-hybridized carbons (Fsp3) is 0.611. The zero-order chi connectivity index (χ0) is 14.9. The summed E-state index contributed by atoms with van der Waals surface area (Å²) < 4.78 is 0. The Morgan fingerprint density at radius 2 is 1.30 bits per heavy atom. The van der Waals surface area contributed by atoms with Crippen LogP contribution in [0.25, 0.3) is 0 Å².